The molecule has 1 aromatic carbocycles. The number of allylic oxidation sites excluding steroid dienone is 2. The summed E-state index contributed by atoms with van der Waals surface area (Å²) in [5.41, 5.74) is 8.15. The van der Waals surface area contributed by atoms with Crippen molar-refractivity contribution in [3.05, 3.63) is 60.0 Å². The first-order valence-corrected chi connectivity index (χ1v) is 10.6. The van der Waals surface area contributed by atoms with Gasteiger partial charge in [0.1, 0.15) is 16.6 Å². The molecule has 0 radical (unpaired) electrons. The van der Waals surface area contributed by atoms with Crippen molar-refractivity contribution in [1.29, 1.82) is 5.26 Å². The van der Waals surface area contributed by atoms with Crippen LogP contribution in [0.25, 0.3) is 0 Å². The van der Waals surface area contributed by atoms with Gasteiger partial charge >= 0.3 is 0 Å². The summed E-state index contributed by atoms with van der Waals surface area (Å²) in [7, 11) is 0. The number of nitrogens with zero attached hydrogens (tertiary/aromatic N) is 1. The average Bonchev–Trinajstić information content (AvgIpc) is 2.97. The Labute approximate surface area is 166 Å². The van der Waals surface area contributed by atoms with Gasteiger partial charge in [0.2, 0.25) is 0 Å². The SMILES string of the molecule is C=CC.C=CCCc1sc(Nc2ccc(SC)cc2)c(C#N)c1N.CC. The highest BCUT2D eigenvalue weighted by molar-refractivity contribution is 7.98. The zero-order valence-electron chi connectivity index (χ0n) is 16.1. The maximum Gasteiger partial charge on any atom is 0.113 e. The summed E-state index contributed by atoms with van der Waals surface area (Å²) < 4.78 is 0. The molecule has 3 nitrogen and oxygen atoms in total. The van der Waals surface area contributed by atoms with Crippen LogP contribution in [-0.2, 0) is 6.42 Å². The number of benzene rings is 1. The summed E-state index contributed by atoms with van der Waals surface area (Å²) in [5, 5.41) is 13.4. The molecule has 26 heavy (non-hydrogen) atoms. The Hall–Kier alpha value is -2.16. The average molecular weight is 388 g/mol. The Morgan fingerprint density at radius 1 is 1.27 bits per heavy atom. The van der Waals surface area contributed by atoms with E-state index >= 15 is 0 Å². The van der Waals surface area contributed by atoms with Crippen molar-refractivity contribution in [3.63, 3.8) is 0 Å². The molecular weight excluding hydrogens is 358 g/mol. The second kappa shape index (κ2) is 14.1. The van der Waals surface area contributed by atoms with E-state index in [9.17, 15) is 5.26 Å². The fourth-order valence-corrected chi connectivity index (χ4v) is 3.43. The molecule has 2 rings (SSSR count). The molecule has 1 heterocycles. The predicted molar refractivity (Wildman–Crippen MR) is 121 cm³/mol. The smallest absolute Gasteiger partial charge is 0.113 e. The summed E-state index contributed by atoms with van der Waals surface area (Å²) in [6.07, 6.45) is 7.33. The number of hydrogen-bond donors (Lipinski definition) is 2. The lowest BCUT2D eigenvalue weighted by Gasteiger charge is -2.05. The topological polar surface area (TPSA) is 61.8 Å². The predicted octanol–water partition coefficient (Wildman–Crippen LogP) is 7.00. The van der Waals surface area contributed by atoms with Crippen LogP contribution in [0.1, 0.15) is 37.6 Å². The van der Waals surface area contributed by atoms with Crippen LogP contribution in [0.15, 0.2) is 54.5 Å². The van der Waals surface area contributed by atoms with E-state index in [1.807, 2.05) is 45.2 Å². The molecule has 0 bridgehead atoms. The Kier molecular flexibility index (Phi) is 12.9. The minimum absolute atomic E-state index is 0.535. The van der Waals surface area contributed by atoms with Gasteiger partial charge in [-0.25, -0.2) is 0 Å². The van der Waals surface area contributed by atoms with E-state index in [2.05, 4.69) is 36.7 Å². The van der Waals surface area contributed by atoms with Crippen molar-refractivity contribution in [2.45, 2.75) is 38.5 Å². The molecule has 0 spiro atoms. The molecule has 0 saturated heterocycles. The lowest BCUT2D eigenvalue weighted by molar-refractivity contribution is 1.03. The Bertz CT molecular complexity index is 710. The number of hydrogen-bond acceptors (Lipinski definition) is 5. The highest BCUT2D eigenvalue weighted by Crippen LogP contribution is 2.37. The molecule has 2 aromatic rings. The lowest BCUT2D eigenvalue weighted by Crippen LogP contribution is -1.93. The van der Waals surface area contributed by atoms with Crippen molar-refractivity contribution in [1.82, 2.24) is 0 Å². The van der Waals surface area contributed by atoms with Gasteiger partial charge in [0.15, 0.2) is 0 Å². The van der Waals surface area contributed by atoms with Crippen molar-refractivity contribution in [3.8, 4) is 6.07 Å². The van der Waals surface area contributed by atoms with E-state index < -0.39 is 0 Å². The molecule has 140 valence electrons. The number of nitrogens with one attached hydrogen (secondary N) is 1. The molecule has 0 saturated carbocycles. The monoisotopic (exact) mass is 387 g/mol. The van der Waals surface area contributed by atoms with Crippen molar-refractivity contribution in [2.75, 3.05) is 17.3 Å². The second-order valence-corrected chi connectivity index (χ2v) is 6.83. The minimum atomic E-state index is 0.535. The van der Waals surface area contributed by atoms with Gasteiger partial charge in [-0.3, -0.25) is 0 Å². The molecule has 5 heteroatoms. The molecule has 3 N–H and O–H groups in total. The molecule has 0 amide bonds. The number of nitriles is 1. The first-order chi connectivity index (χ1) is 12.6. The number of thiophene rings is 1. The van der Waals surface area contributed by atoms with E-state index in [1.54, 1.807) is 29.2 Å². The van der Waals surface area contributed by atoms with Crippen molar-refractivity contribution < 1.29 is 0 Å². The summed E-state index contributed by atoms with van der Waals surface area (Å²) in [5.74, 6) is 0. The van der Waals surface area contributed by atoms with Gasteiger partial charge in [-0.15, -0.1) is 36.3 Å². The fourth-order valence-electron chi connectivity index (χ4n) is 1.91. The Morgan fingerprint density at radius 2 is 1.85 bits per heavy atom. The highest BCUT2D eigenvalue weighted by Gasteiger charge is 2.15. The van der Waals surface area contributed by atoms with Crippen LogP contribution in [0, 0.1) is 11.3 Å². The third-order valence-corrected chi connectivity index (χ3v) is 4.98. The van der Waals surface area contributed by atoms with E-state index in [0.717, 1.165) is 28.4 Å². The minimum Gasteiger partial charge on any atom is -0.397 e. The largest absolute Gasteiger partial charge is 0.397 e. The van der Waals surface area contributed by atoms with E-state index in [-0.39, 0.29) is 0 Å². The molecule has 0 aliphatic carbocycles. The third-order valence-electron chi connectivity index (χ3n) is 3.06. The first kappa shape index (κ1) is 23.8. The van der Waals surface area contributed by atoms with Gasteiger partial charge in [-0.05, 0) is 50.3 Å². The molecule has 0 fully saturated rings. The Morgan fingerprint density at radius 3 is 2.31 bits per heavy atom. The van der Waals surface area contributed by atoms with Gasteiger partial charge in [0.25, 0.3) is 0 Å². The van der Waals surface area contributed by atoms with Crippen LogP contribution < -0.4 is 11.1 Å². The van der Waals surface area contributed by atoms with Crippen LogP contribution >= 0.6 is 23.1 Å². The van der Waals surface area contributed by atoms with Gasteiger partial charge in [-0.1, -0.05) is 26.0 Å². The standard InChI is InChI=1S/C16H17N3S2.C3H6.C2H6/c1-3-4-5-14-15(18)13(10-17)16(21-14)19-11-6-8-12(20-2)9-7-11;1-3-2;1-2/h3,6-9,19H,1,4-5,18H2,2H3;3H,1H2,2H3;1-2H3. The fraction of sp³-hybridized carbons (Fsp3) is 0.286. The number of nitrogens with two attached hydrogens (primary N) is 1. The van der Waals surface area contributed by atoms with Gasteiger partial charge in [0.05, 0.1) is 5.69 Å². The van der Waals surface area contributed by atoms with Crippen LogP contribution in [0.3, 0.4) is 0 Å². The van der Waals surface area contributed by atoms with E-state index in [1.165, 1.54) is 4.90 Å². The molecule has 0 aliphatic rings. The molecule has 1 aromatic heterocycles. The van der Waals surface area contributed by atoms with Crippen LogP contribution in [0.5, 0.6) is 0 Å². The highest BCUT2D eigenvalue weighted by atomic mass is 32.2. The lowest BCUT2D eigenvalue weighted by atomic mass is 10.2. The number of anilines is 3. The molecule has 0 unspecified atom stereocenters. The zero-order chi connectivity index (χ0) is 19.9. The number of nitrogen functional groups attached to an aromatic ring is 1. The third kappa shape index (κ3) is 7.38. The van der Waals surface area contributed by atoms with Crippen LogP contribution in [0.2, 0.25) is 0 Å². The number of rotatable bonds is 6. The molecule has 0 aliphatic heterocycles. The summed E-state index contributed by atoms with van der Waals surface area (Å²) >= 11 is 3.24. The second-order valence-electron chi connectivity index (χ2n) is 4.84. The van der Waals surface area contributed by atoms with E-state index in [0.29, 0.717) is 11.3 Å². The number of aryl methyl sites for hydroxylation is 1. The summed E-state index contributed by atoms with van der Waals surface area (Å²) in [6.45, 7) is 13.0. The zero-order valence-corrected chi connectivity index (χ0v) is 17.8. The normalized spacial score (nSPS) is 8.88. The van der Waals surface area contributed by atoms with Gasteiger partial charge < -0.3 is 11.1 Å². The van der Waals surface area contributed by atoms with Gasteiger partial charge in [-0.2, -0.15) is 5.26 Å². The first-order valence-electron chi connectivity index (χ1n) is 8.51. The van der Waals surface area contributed by atoms with Crippen molar-refractivity contribution in [2.24, 2.45) is 0 Å². The Balaban J connectivity index is 0.00000113. The number of thioether (sulfide) groups is 1. The maximum atomic E-state index is 9.31. The maximum absolute atomic E-state index is 9.31. The molecular formula is C21H29N3S2. The summed E-state index contributed by atoms with van der Waals surface area (Å²) in [6, 6.07) is 10.3. The van der Waals surface area contributed by atoms with Gasteiger partial charge in [0, 0.05) is 15.5 Å². The van der Waals surface area contributed by atoms with Crippen LogP contribution in [0.4, 0.5) is 16.4 Å². The summed E-state index contributed by atoms with van der Waals surface area (Å²) in [4.78, 5) is 2.24. The molecule has 0 atom stereocenters. The van der Waals surface area contributed by atoms with Crippen LogP contribution in [-0.4, -0.2) is 6.26 Å². The van der Waals surface area contributed by atoms with Crippen molar-refractivity contribution >= 4 is 39.5 Å². The van der Waals surface area contributed by atoms with E-state index in [4.69, 9.17) is 5.73 Å². The quantitative estimate of drug-likeness (QED) is 0.413.